The molecule has 0 N–H and O–H groups in total. The van der Waals surface area contributed by atoms with Crippen molar-refractivity contribution in [2.75, 3.05) is 5.33 Å². The van der Waals surface area contributed by atoms with Gasteiger partial charge in [0.25, 0.3) is 0 Å². The first kappa shape index (κ1) is 10.6. The van der Waals surface area contributed by atoms with Gasteiger partial charge in [-0.2, -0.15) is 0 Å². The molecule has 1 aliphatic carbocycles. The quantitative estimate of drug-likeness (QED) is 0.539. The van der Waals surface area contributed by atoms with Crippen LogP contribution >= 0.6 is 31.9 Å². The van der Waals surface area contributed by atoms with Crippen molar-refractivity contribution in [1.82, 2.24) is 0 Å². The van der Waals surface area contributed by atoms with Crippen LogP contribution in [0.4, 0.5) is 0 Å². The Morgan fingerprint density at radius 1 is 1.27 bits per heavy atom. The monoisotopic (exact) mass is 348 g/mol. The van der Waals surface area contributed by atoms with E-state index < -0.39 is 0 Å². The molecule has 0 bridgehead atoms. The molecule has 66 valence electrons. The van der Waals surface area contributed by atoms with E-state index in [9.17, 15) is 0 Å². The van der Waals surface area contributed by atoms with E-state index in [0.29, 0.717) is 0 Å². The fourth-order valence-electron chi connectivity index (χ4n) is 1.44. The summed E-state index contributed by atoms with van der Waals surface area (Å²) in [5, 5.41) is 2.60. The van der Waals surface area contributed by atoms with E-state index in [-0.39, 0.29) is 0 Å². The second kappa shape index (κ2) is 6.01. The molecule has 2 atom stereocenters. The van der Waals surface area contributed by atoms with Crippen LogP contribution < -0.4 is 0 Å². The molecule has 3 heteroatoms. The Labute approximate surface area is 92.3 Å². The average Bonchev–Trinajstić information content (AvgIpc) is 2.03. The molecular weight excluding hydrogens is 335 g/mol. The number of halogens is 2. The minimum atomic E-state index is 0.843. The van der Waals surface area contributed by atoms with Crippen LogP contribution in [-0.4, -0.2) is 25.1 Å². The SMILES string of the molecule is BrCC[Se][C@H]1CCCC[C@@H]1Br. The Morgan fingerprint density at radius 3 is 2.64 bits per heavy atom. The molecule has 0 aromatic rings. The second-order valence-corrected chi connectivity index (χ2v) is 7.69. The van der Waals surface area contributed by atoms with Crippen LogP contribution in [0.2, 0.25) is 10.1 Å². The summed E-state index contributed by atoms with van der Waals surface area (Å²) >= 11 is 8.15. The van der Waals surface area contributed by atoms with Crippen molar-refractivity contribution < 1.29 is 0 Å². The van der Waals surface area contributed by atoms with Crippen LogP contribution in [-0.2, 0) is 0 Å². The van der Waals surface area contributed by atoms with Crippen LogP contribution in [0.3, 0.4) is 0 Å². The maximum atomic E-state index is 3.79. The Bertz CT molecular complexity index is 108. The van der Waals surface area contributed by atoms with Gasteiger partial charge in [0.2, 0.25) is 0 Å². The molecule has 0 saturated heterocycles. The topological polar surface area (TPSA) is 0 Å². The number of hydrogen-bond donors (Lipinski definition) is 0. The van der Waals surface area contributed by atoms with Crippen LogP contribution in [0, 0.1) is 0 Å². The summed E-state index contributed by atoms with van der Waals surface area (Å²) in [5.74, 6) is 0. The first-order valence-electron chi connectivity index (χ1n) is 4.16. The van der Waals surface area contributed by atoms with Crippen LogP contribution in [0.5, 0.6) is 0 Å². The van der Waals surface area contributed by atoms with Crippen LogP contribution in [0.1, 0.15) is 25.7 Å². The molecule has 1 fully saturated rings. The van der Waals surface area contributed by atoms with Crippen molar-refractivity contribution in [2.45, 2.75) is 40.6 Å². The third-order valence-corrected chi connectivity index (χ3v) is 8.50. The molecule has 0 heterocycles. The summed E-state index contributed by atoms with van der Waals surface area (Å²) < 4.78 is 0. The molecule has 0 aromatic heterocycles. The fraction of sp³-hybridized carbons (Fsp3) is 1.00. The third kappa shape index (κ3) is 3.80. The molecular formula is C8H14Br2Se. The molecule has 0 aromatic carbocycles. The molecule has 0 amide bonds. The standard InChI is InChI=1S/C8H14Br2Se/c9-5-6-11-8-4-2-1-3-7(8)10/h7-8H,1-6H2/t7-,8-/m0/s1. The Balaban J connectivity index is 2.18. The van der Waals surface area contributed by atoms with E-state index in [1.165, 1.54) is 36.3 Å². The zero-order valence-electron chi connectivity index (χ0n) is 6.56. The van der Waals surface area contributed by atoms with Gasteiger partial charge >= 0.3 is 92.8 Å². The predicted molar refractivity (Wildman–Crippen MR) is 59.3 cm³/mol. The summed E-state index contributed by atoms with van der Waals surface area (Å²) in [5.41, 5.74) is 0. The Hall–Kier alpha value is 1.48. The Morgan fingerprint density at radius 2 is 2.00 bits per heavy atom. The number of alkyl halides is 2. The summed E-state index contributed by atoms with van der Waals surface area (Å²) in [7, 11) is 0. The van der Waals surface area contributed by atoms with Crippen molar-refractivity contribution >= 4 is 46.8 Å². The van der Waals surface area contributed by atoms with Gasteiger partial charge in [-0.15, -0.1) is 0 Å². The first-order chi connectivity index (χ1) is 5.34. The summed E-state index contributed by atoms with van der Waals surface area (Å²) in [6.07, 6.45) is 5.80. The van der Waals surface area contributed by atoms with Gasteiger partial charge in [0, 0.05) is 0 Å². The van der Waals surface area contributed by atoms with E-state index in [1.807, 2.05) is 0 Å². The van der Waals surface area contributed by atoms with Gasteiger partial charge in [0.15, 0.2) is 0 Å². The maximum absolute atomic E-state index is 3.79. The van der Waals surface area contributed by atoms with Gasteiger partial charge in [0.05, 0.1) is 0 Å². The number of rotatable bonds is 3. The summed E-state index contributed by atoms with van der Waals surface area (Å²) in [4.78, 5) is 1.86. The van der Waals surface area contributed by atoms with Gasteiger partial charge in [-0.1, -0.05) is 0 Å². The van der Waals surface area contributed by atoms with Gasteiger partial charge < -0.3 is 0 Å². The normalized spacial score (nSPS) is 32.2. The molecule has 1 rings (SSSR count). The Kier molecular flexibility index (Phi) is 5.77. The fourth-order valence-corrected chi connectivity index (χ4v) is 6.03. The predicted octanol–water partition coefficient (Wildman–Crippen LogP) is 3.63. The molecule has 1 aliphatic rings. The zero-order chi connectivity index (χ0) is 8.10. The van der Waals surface area contributed by atoms with Crippen molar-refractivity contribution in [3.8, 4) is 0 Å². The van der Waals surface area contributed by atoms with Gasteiger partial charge in [-0.3, -0.25) is 0 Å². The van der Waals surface area contributed by atoms with Crippen molar-refractivity contribution in [3.63, 3.8) is 0 Å². The summed E-state index contributed by atoms with van der Waals surface area (Å²) in [6.45, 7) is 0. The van der Waals surface area contributed by atoms with Crippen molar-refractivity contribution in [3.05, 3.63) is 0 Å². The van der Waals surface area contributed by atoms with Crippen LogP contribution in [0.15, 0.2) is 0 Å². The zero-order valence-corrected chi connectivity index (χ0v) is 11.4. The van der Waals surface area contributed by atoms with E-state index in [4.69, 9.17) is 0 Å². The third-order valence-electron chi connectivity index (χ3n) is 2.03. The molecule has 0 aliphatic heterocycles. The molecule has 0 radical (unpaired) electrons. The van der Waals surface area contributed by atoms with Gasteiger partial charge in [0.1, 0.15) is 0 Å². The molecule has 1 saturated carbocycles. The van der Waals surface area contributed by atoms with E-state index in [0.717, 1.165) is 24.6 Å². The van der Waals surface area contributed by atoms with E-state index in [1.54, 1.807) is 0 Å². The van der Waals surface area contributed by atoms with Crippen molar-refractivity contribution in [2.24, 2.45) is 0 Å². The van der Waals surface area contributed by atoms with E-state index in [2.05, 4.69) is 31.9 Å². The van der Waals surface area contributed by atoms with Gasteiger partial charge in [-0.05, 0) is 0 Å². The molecule has 0 spiro atoms. The first-order valence-corrected chi connectivity index (χ1v) is 8.40. The number of hydrogen-bond acceptors (Lipinski definition) is 0. The average molecular weight is 349 g/mol. The minimum absolute atomic E-state index is 0.843. The molecule has 0 nitrogen and oxygen atoms in total. The van der Waals surface area contributed by atoms with E-state index >= 15 is 0 Å². The van der Waals surface area contributed by atoms with Gasteiger partial charge in [-0.25, -0.2) is 0 Å². The summed E-state index contributed by atoms with van der Waals surface area (Å²) in [6, 6.07) is 0. The van der Waals surface area contributed by atoms with Crippen molar-refractivity contribution in [1.29, 1.82) is 0 Å². The molecule has 0 unspecified atom stereocenters. The molecule has 11 heavy (non-hydrogen) atoms. The van der Waals surface area contributed by atoms with Crippen LogP contribution in [0.25, 0.3) is 0 Å². The second-order valence-electron chi connectivity index (χ2n) is 2.90.